The molecule has 2 aromatic carbocycles. The molecule has 0 aliphatic carbocycles. The van der Waals surface area contributed by atoms with Crippen molar-refractivity contribution in [1.29, 1.82) is 0 Å². The van der Waals surface area contributed by atoms with Crippen LogP contribution in [0, 0.1) is 11.6 Å². The number of amides is 1. The molecule has 3 nitrogen and oxygen atoms in total. The van der Waals surface area contributed by atoms with Crippen molar-refractivity contribution in [2.75, 3.05) is 19.6 Å². The second-order valence-corrected chi connectivity index (χ2v) is 7.86. The molecule has 0 bridgehead atoms. The summed E-state index contributed by atoms with van der Waals surface area (Å²) >= 11 is 1.35. The topological polar surface area (TPSA) is 32.3 Å². The van der Waals surface area contributed by atoms with Crippen LogP contribution in [-0.2, 0) is 6.54 Å². The van der Waals surface area contributed by atoms with Crippen LogP contribution in [0.25, 0.3) is 10.4 Å². The Morgan fingerprint density at radius 1 is 1.03 bits per heavy atom. The molecular formula is C23H24F2N2OS. The first-order chi connectivity index (χ1) is 14.0. The molecule has 0 saturated heterocycles. The zero-order valence-corrected chi connectivity index (χ0v) is 17.1. The Labute approximate surface area is 174 Å². The van der Waals surface area contributed by atoms with Gasteiger partial charge in [-0.3, -0.25) is 9.69 Å². The quantitative estimate of drug-likeness (QED) is 0.480. The minimum absolute atomic E-state index is 0.112. The molecule has 3 aromatic rings. The molecule has 0 radical (unpaired) electrons. The van der Waals surface area contributed by atoms with E-state index in [1.807, 2.05) is 12.1 Å². The van der Waals surface area contributed by atoms with Crippen LogP contribution in [0.3, 0.4) is 0 Å². The normalized spacial score (nSPS) is 11.0. The van der Waals surface area contributed by atoms with E-state index < -0.39 is 0 Å². The molecule has 0 saturated carbocycles. The molecule has 0 atom stereocenters. The van der Waals surface area contributed by atoms with Gasteiger partial charge in [0.1, 0.15) is 11.6 Å². The summed E-state index contributed by atoms with van der Waals surface area (Å²) in [4.78, 5) is 16.1. The van der Waals surface area contributed by atoms with Crippen molar-refractivity contribution < 1.29 is 13.6 Å². The first-order valence-corrected chi connectivity index (χ1v) is 10.5. The van der Waals surface area contributed by atoms with Crippen LogP contribution in [0.1, 0.15) is 28.6 Å². The molecule has 29 heavy (non-hydrogen) atoms. The number of nitrogens with one attached hydrogen (secondary N) is 1. The Hall–Kier alpha value is -2.57. The van der Waals surface area contributed by atoms with Gasteiger partial charge in [0, 0.05) is 24.5 Å². The number of rotatable bonds is 9. The van der Waals surface area contributed by atoms with Crippen molar-refractivity contribution in [1.82, 2.24) is 10.2 Å². The third-order valence-electron chi connectivity index (χ3n) is 4.64. The minimum Gasteiger partial charge on any atom is -0.351 e. The molecule has 0 aliphatic rings. The third-order valence-corrected chi connectivity index (χ3v) is 5.78. The van der Waals surface area contributed by atoms with E-state index in [0.717, 1.165) is 42.1 Å². The number of halogens is 2. The van der Waals surface area contributed by atoms with E-state index >= 15 is 0 Å². The Kier molecular flexibility index (Phi) is 7.49. The standard InChI is InChI=1S/C23H24F2N2OS/c1-2-27(16-17-7-9-19(24)10-8-17)14-4-13-26-23(28)22-12-11-21(29-22)18-5-3-6-20(25)15-18/h3,5-12,15H,2,4,13-14,16H2,1H3,(H,26,28). The Morgan fingerprint density at radius 3 is 2.55 bits per heavy atom. The lowest BCUT2D eigenvalue weighted by Crippen LogP contribution is -2.29. The maximum Gasteiger partial charge on any atom is 0.261 e. The number of carbonyl (C=O) groups is 1. The van der Waals surface area contributed by atoms with Gasteiger partial charge in [-0.05, 0) is 60.5 Å². The van der Waals surface area contributed by atoms with Crippen molar-refractivity contribution in [3.63, 3.8) is 0 Å². The Morgan fingerprint density at radius 2 is 1.83 bits per heavy atom. The van der Waals surface area contributed by atoms with Crippen molar-refractivity contribution in [2.45, 2.75) is 19.9 Å². The van der Waals surface area contributed by atoms with Gasteiger partial charge in [0.25, 0.3) is 5.91 Å². The van der Waals surface area contributed by atoms with E-state index in [0.29, 0.717) is 11.4 Å². The number of hydrogen-bond acceptors (Lipinski definition) is 3. The van der Waals surface area contributed by atoms with Gasteiger partial charge >= 0.3 is 0 Å². The summed E-state index contributed by atoms with van der Waals surface area (Å²) in [5, 5.41) is 2.95. The highest BCUT2D eigenvalue weighted by molar-refractivity contribution is 7.17. The van der Waals surface area contributed by atoms with Gasteiger partial charge in [0.15, 0.2) is 0 Å². The van der Waals surface area contributed by atoms with Crippen LogP contribution < -0.4 is 5.32 Å². The monoisotopic (exact) mass is 414 g/mol. The molecule has 1 N–H and O–H groups in total. The first-order valence-electron chi connectivity index (χ1n) is 9.66. The molecule has 152 valence electrons. The predicted octanol–water partition coefficient (Wildman–Crippen LogP) is 5.34. The summed E-state index contributed by atoms with van der Waals surface area (Å²) in [6.07, 6.45) is 0.822. The van der Waals surface area contributed by atoms with E-state index in [2.05, 4.69) is 17.1 Å². The number of thiophene rings is 1. The van der Waals surface area contributed by atoms with Crippen LogP contribution in [0.4, 0.5) is 8.78 Å². The van der Waals surface area contributed by atoms with Gasteiger partial charge in [-0.1, -0.05) is 31.2 Å². The minimum atomic E-state index is -0.289. The number of nitrogens with zero attached hydrogens (tertiary/aromatic N) is 1. The average molecular weight is 415 g/mol. The van der Waals surface area contributed by atoms with Crippen LogP contribution in [0.15, 0.2) is 60.7 Å². The largest absolute Gasteiger partial charge is 0.351 e. The number of carbonyl (C=O) groups excluding carboxylic acids is 1. The highest BCUT2D eigenvalue weighted by Crippen LogP contribution is 2.28. The van der Waals surface area contributed by atoms with Crippen LogP contribution >= 0.6 is 11.3 Å². The highest BCUT2D eigenvalue weighted by Gasteiger charge is 2.11. The summed E-state index contributed by atoms with van der Waals surface area (Å²) in [6.45, 7) is 5.14. The van der Waals surface area contributed by atoms with Crippen LogP contribution in [-0.4, -0.2) is 30.4 Å². The maximum absolute atomic E-state index is 13.4. The highest BCUT2D eigenvalue weighted by atomic mass is 32.1. The fourth-order valence-electron chi connectivity index (χ4n) is 3.05. The lowest BCUT2D eigenvalue weighted by atomic mass is 10.2. The summed E-state index contributed by atoms with van der Waals surface area (Å²) < 4.78 is 26.4. The van der Waals surface area contributed by atoms with Gasteiger partial charge in [0.2, 0.25) is 0 Å². The zero-order chi connectivity index (χ0) is 20.6. The van der Waals surface area contributed by atoms with Crippen molar-refractivity contribution >= 4 is 17.2 Å². The summed E-state index contributed by atoms with van der Waals surface area (Å²) in [6, 6.07) is 16.5. The van der Waals surface area contributed by atoms with Gasteiger partial charge in [-0.25, -0.2) is 8.78 Å². The SMILES string of the molecule is CCN(CCCNC(=O)c1ccc(-c2cccc(F)c2)s1)Cc1ccc(F)cc1. The van der Waals surface area contributed by atoms with E-state index in [9.17, 15) is 13.6 Å². The smallest absolute Gasteiger partial charge is 0.261 e. The van der Waals surface area contributed by atoms with Gasteiger partial charge < -0.3 is 5.32 Å². The van der Waals surface area contributed by atoms with Crippen LogP contribution in [0.5, 0.6) is 0 Å². The summed E-state index contributed by atoms with van der Waals surface area (Å²) in [5.74, 6) is -0.629. The second-order valence-electron chi connectivity index (χ2n) is 6.78. The van der Waals surface area contributed by atoms with Crippen molar-refractivity contribution in [3.05, 3.63) is 82.7 Å². The number of hydrogen-bond donors (Lipinski definition) is 1. The molecule has 1 heterocycles. The van der Waals surface area contributed by atoms with Crippen molar-refractivity contribution in [3.8, 4) is 10.4 Å². The lowest BCUT2D eigenvalue weighted by molar-refractivity contribution is 0.0955. The molecule has 1 amide bonds. The van der Waals surface area contributed by atoms with Crippen molar-refractivity contribution in [2.24, 2.45) is 0 Å². The fourth-order valence-corrected chi connectivity index (χ4v) is 3.96. The van der Waals surface area contributed by atoms with Gasteiger partial charge in [-0.2, -0.15) is 0 Å². The molecular weight excluding hydrogens is 390 g/mol. The predicted molar refractivity (Wildman–Crippen MR) is 114 cm³/mol. The van der Waals surface area contributed by atoms with E-state index in [4.69, 9.17) is 0 Å². The first kappa shape index (κ1) is 21.1. The van der Waals surface area contributed by atoms with Gasteiger partial charge in [-0.15, -0.1) is 11.3 Å². The summed E-state index contributed by atoms with van der Waals surface area (Å²) in [5.41, 5.74) is 1.84. The van der Waals surface area contributed by atoms with Crippen LogP contribution in [0.2, 0.25) is 0 Å². The molecule has 3 rings (SSSR count). The van der Waals surface area contributed by atoms with E-state index in [1.165, 1.54) is 35.6 Å². The van der Waals surface area contributed by atoms with E-state index in [1.54, 1.807) is 24.3 Å². The Bertz CT molecular complexity index is 940. The molecule has 0 aliphatic heterocycles. The molecule has 0 spiro atoms. The second kappa shape index (κ2) is 10.3. The zero-order valence-electron chi connectivity index (χ0n) is 16.3. The molecule has 1 aromatic heterocycles. The molecule has 6 heteroatoms. The Balaban J connectivity index is 1.45. The number of benzene rings is 2. The van der Waals surface area contributed by atoms with E-state index in [-0.39, 0.29) is 17.5 Å². The average Bonchev–Trinajstić information content (AvgIpc) is 3.22. The third kappa shape index (κ3) is 6.21. The molecule has 0 fully saturated rings. The maximum atomic E-state index is 13.4. The summed E-state index contributed by atoms with van der Waals surface area (Å²) in [7, 11) is 0. The van der Waals surface area contributed by atoms with Gasteiger partial charge in [0.05, 0.1) is 4.88 Å². The molecule has 0 unspecified atom stereocenters. The fraction of sp³-hybridized carbons (Fsp3) is 0.261. The lowest BCUT2D eigenvalue weighted by Gasteiger charge is -2.20.